The number of allylic oxidation sites excluding steroid dienone is 1. The third-order valence-corrected chi connectivity index (χ3v) is 7.58. The quantitative estimate of drug-likeness (QED) is 0.461. The lowest BCUT2D eigenvalue weighted by Crippen LogP contribution is -2.43. The molecule has 0 radical (unpaired) electrons. The van der Waals surface area contributed by atoms with Crippen LogP contribution >= 0.6 is 0 Å². The van der Waals surface area contributed by atoms with E-state index in [0.29, 0.717) is 0 Å². The first-order valence-electron chi connectivity index (χ1n) is 7.98. The highest BCUT2D eigenvalue weighted by Crippen LogP contribution is 2.20. The Hall–Kier alpha value is -1.04. The molecule has 1 aromatic rings. The van der Waals surface area contributed by atoms with Crippen molar-refractivity contribution >= 4 is 13.3 Å². The zero-order valence-electron chi connectivity index (χ0n) is 13.9. The summed E-state index contributed by atoms with van der Waals surface area (Å²) in [6.07, 6.45) is 7.15. The molecule has 0 unspecified atom stereocenters. The maximum atomic E-state index is 3.68. The standard InChI is InChI=1S/C19H30Si/c1-6-7-13-18(16-11-12-17(2)3)20(4,5)19-14-9-8-10-15-19/h8-11,14-15,17H,6-7,12-13H2,1-5H3. The van der Waals surface area contributed by atoms with E-state index >= 15 is 0 Å². The molecule has 0 aliphatic rings. The first kappa shape index (κ1) is 17.0. The third-order valence-electron chi connectivity index (χ3n) is 3.90. The van der Waals surface area contributed by atoms with Crippen molar-refractivity contribution in [3.63, 3.8) is 0 Å². The van der Waals surface area contributed by atoms with Crippen LogP contribution in [0.4, 0.5) is 0 Å². The van der Waals surface area contributed by atoms with Crippen molar-refractivity contribution in [1.82, 2.24) is 0 Å². The molecule has 0 bridgehead atoms. The van der Waals surface area contributed by atoms with Gasteiger partial charge in [-0.15, -0.1) is 5.73 Å². The van der Waals surface area contributed by atoms with E-state index in [1.54, 1.807) is 5.20 Å². The van der Waals surface area contributed by atoms with Gasteiger partial charge in [-0.05, 0) is 36.5 Å². The molecule has 0 fully saturated rings. The molecule has 0 heterocycles. The van der Waals surface area contributed by atoms with Crippen molar-refractivity contribution < 1.29 is 0 Å². The van der Waals surface area contributed by atoms with Gasteiger partial charge in [0, 0.05) is 0 Å². The van der Waals surface area contributed by atoms with Crippen LogP contribution in [0.25, 0.3) is 0 Å². The van der Waals surface area contributed by atoms with E-state index in [0.717, 1.165) is 12.3 Å². The molecular formula is C19H30Si. The number of unbranched alkanes of at least 4 members (excludes halogenated alkanes) is 1. The normalized spacial score (nSPS) is 11.3. The van der Waals surface area contributed by atoms with Gasteiger partial charge in [-0.2, -0.15) is 0 Å². The van der Waals surface area contributed by atoms with Gasteiger partial charge >= 0.3 is 0 Å². The van der Waals surface area contributed by atoms with E-state index in [-0.39, 0.29) is 0 Å². The molecule has 0 amide bonds. The molecule has 0 nitrogen and oxygen atoms in total. The fraction of sp³-hybridized carbons (Fsp3) is 0.526. The number of hydrogen-bond donors (Lipinski definition) is 0. The Kier molecular flexibility index (Phi) is 7.05. The summed E-state index contributed by atoms with van der Waals surface area (Å²) >= 11 is 0. The molecule has 0 saturated heterocycles. The van der Waals surface area contributed by atoms with E-state index in [1.165, 1.54) is 24.4 Å². The lowest BCUT2D eigenvalue weighted by molar-refractivity contribution is 0.664. The van der Waals surface area contributed by atoms with Gasteiger partial charge in [0.15, 0.2) is 0 Å². The highest BCUT2D eigenvalue weighted by atomic mass is 28.3. The SMILES string of the molecule is CCCCC(=C=CCC(C)C)[Si](C)(C)c1ccccc1. The largest absolute Gasteiger partial charge is 0.130 e. The Labute approximate surface area is 126 Å². The van der Waals surface area contributed by atoms with Crippen molar-refractivity contribution in [2.45, 2.75) is 59.5 Å². The molecule has 0 atom stereocenters. The average molecular weight is 287 g/mol. The maximum Gasteiger partial charge on any atom is 0.116 e. The first-order chi connectivity index (χ1) is 9.48. The third kappa shape index (κ3) is 5.15. The summed E-state index contributed by atoms with van der Waals surface area (Å²) in [5.74, 6) is 0.719. The van der Waals surface area contributed by atoms with Crippen LogP contribution < -0.4 is 5.19 Å². The van der Waals surface area contributed by atoms with Gasteiger partial charge in [-0.3, -0.25) is 0 Å². The van der Waals surface area contributed by atoms with Crippen molar-refractivity contribution in [3.8, 4) is 0 Å². The zero-order chi connectivity index (χ0) is 15.0. The Balaban J connectivity index is 3.06. The van der Waals surface area contributed by atoms with Crippen LogP contribution in [0.1, 0.15) is 46.5 Å². The summed E-state index contributed by atoms with van der Waals surface area (Å²) in [7, 11) is -1.54. The maximum absolute atomic E-state index is 3.68. The lowest BCUT2D eigenvalue weighted by Gasteiger charge is -2.25. The van der Waals surface area contributed by atoms with E-state index in [9.17, 15) is 0 Å². The highest BCUT2D eigenvalue weighted by molar-refractivity contribution is 6.95. The summed E-state index contributed by atoms with van der Waals surface area (Å²) in [5.41, 5.74) is 3.68. The molecule has 110 valence electrons. The van der Waals surface area contributed by atoms with Crippen LogP contribution in [0.15, 0.2) is 47.3 Å². The van der Waals surface area contributed by atoms with Crippen LogP contribution in [0.3, 0.4) is 0 Å². The van der Waals surface area contributed by atoms with Crippen molar-refractivity contribution in [1.29, 1.82) is 0 Å². The van der Waals surface area contributed by atoms with Gasteiger partial charge < -0.3 is 0 Å². The minimum Gasteiger partial charge on any atom is -0.130 e. The first-order valence-corrected chi connectivity index (χ1v) is 11.0. The van der Waals surface area contributed by atoms with Crippen LogP contribution in [-0.2, 0) is 0 Å². The fourth-order valence-electron chi connectivity index (χ4n) is 2.37. The van der Waals surface area contributed by atoms with Crippen molar-refractivity contribution in [2.24, 2.45) is 5.92 Å². The van der Waals surface area contributed by atoms with Gasteiger partial charge in [0.05, 0.1) is 0 Å². The minimum absolute atomic E-state index is 0.719. The molecule has 0 aliphatic carbocycles. The summed E-state index contributed by atoms with van der Waals surface area (Å²) in [4.78, 5) is 0. The van der Waals surface area contributed by atoms with Crippen LogP contribution in [-0.4, -0.2) is 8.07 Å². The second-order valence-electron chi connectivity index (χ2n) is 6.55. The smallest absolute Gasteiger partial charge is 0.116 e. The summed E-state index contributed by atoms with van der Waals surface area (Å²) in [6, 6.07) is 11.0. The second-order valence-corrected chi connectivity index (χ2v) is 11.0. The van der Waals surface area contributed by atoms with Crippen molar-refractivity contribution in [3.05, 3.63) is 47.3 Å². The fourth-order valence-corrected chi connectivity index (χ4v) is 5.00. The molecule has 20 heavy (non-hydrogen) atoms. The summed E-state index contributed by atoms with van der Waals surface area (Å²) < 4.78 is 0. The van der Waals surface area contributed by atoms with E-state index in [4.69, 9.17) is 0 Å². The van der Waals surface area contributed by atoms with E-state index in [1.807, 2.05) is 0 Å². The Morgan fingerprint density at radius 1 is 1.20 bits per heavy atom. The van der Waals surface area contributed by atoms with E-state index in [2.05, 4.69) is 76.0 Å². The monoisotopic (exact) mass is 286 g/mol. The average Bonchev–Trinajstić information content (AvgIpc) is 2.43. The molecule has 1 rings (SSSR count). The van der Waals surface area contributed by atoms with Gasteiger partial charge in [0.2, 0.25) is 0 Å². The highest BCUT2D eigenvalue weighted by Gasteiger charge is 2.27. The predicted octanol–water partition coefficient (Wildman–Crippen LogP) is 5.46. The minimum atomic E-state index is -1.54. The Bertz CT molecular complexity index is 448. The second kappa shape index (κ2) is 8.29. The van der Waals surface area contributed by atoms with Crippen LogP contribution in [0, 0.1) is 5.92 Å². The molecule has 0 saturated carbocycles. The van der Waals surface area contributed by atoms with Crippen LogP contribution in [0.5, 0.6) is 0 Å². The molecule has 0 spiro atoms. The molecule has 0 aliphatic heterocycles. The number of benzene rings is 1. The topological polar surface area (TPSA) is 0 Å². The summed E-state index contributed by atoms with van der Waals surface area (Å²) in [5, 5.41) is 3.10. The molecule has 0 N–H and O–H groups in total. The van der Waals surface area contributed by atoms with Gasteiger partial charge in [-0.1, -0.05) is 75.8 Å². The van der Waals surface area contributed by atoms with Gasteiger partial charge in [-0.25, -0.2) is 0 Å². The van der Waals surface area contributed by atoms with E-state index < -0.39 is 8.07 Å². The summed E-state index contributed by atoms with van der Waals surface area (Å²) in [6.45, 7) is 11.7. The molecule has 1 heteroatoms. The Morgan fingerprint density at radius 2 is 1.85 bits per heavy atom. The van der Waals surface area contributed by atoms with Crippen molar-refractivity contribution in [2.75, 3.05) is 0 Å². The van der Waals surface area contributed by atoms with Crippen LogP contribution in [0.2, 0.25) is 13.1 Å². The zero-order valence-corrected chi connectivity index (χ0v) is 14.9. The number of rotatable bonds is 7. The lowest BCUT2D eigenvalue weighted by atomic mass is 10.1. The van der Waals surface area contributed by atoms with Gasteiger partial charge in [0.25, 0.3) is 0 Å². The number of hydrogen-bond acceptors (Lipinski definition) is 0. The predicted molar refractivity (Wildman–Crippen MR) is 94.1 cm³/mol. The Morgan fingerprint density at radius 3 is 2.40 bits per heavy atom. The molecular weight excluding hydrogens is 256 g/mol. The molecule has 1 aromatic carbocycles. The molecule has 0 aromatic heterocycles. The van der Waals surface area contributed by atoms with Gasteiger partial charge in [0.1, 0.15) is 8.07 Å².